The molecule has 0 unspecified atom stereocenters. The number of anilines is 2. The van der Waals surface area contributed by atoms with Gasteiger partial charge in [-0.1, -0.05) is 13.0 Å². The third-order valence-corrected chi connectivity index (χ3v) is 8.32. The smallest absolute Gasteiger partial charge is 0.363 e. The Morgan fingerprint density at radius 3 is 2.94 bits per heavy atom. The van der Waals surface area contributed by atoms with Crippen LogP contribution in [0.4, 0.5) is 24.0 Å². The summed E-state index contributed by atoms with van der Waals surface area (Å²) in [6.07, 6.45) is -2.11. The Bertz CT molecular complexity index is 1240. The van der Waals surface area contributed by atoms with Crippen molar-refractivity contribution in [2.24, 2.45) is 5.92 Å². The molecule has 1 amide bonds. The topological polar surface area (TPSA) is 82.7 Å². The van der Waals surface area contributed by atoms with E-state index in [1.165, 1.54) is 28.7 Å². The van der Waals surface area contributed by atoms with E-state index in [2.05, 4.69) is 28.7 Å². The van der Waals surface area contributed by atoms with E-state index in [1.54, 1.807) is 12.1 Å². The lowest BCUT2D eigenvalue weighted by atomic mass is 9.89. The Morgan fingerprint density at radius 1 is 1.42 bits per heavy atom. The quantitative estimate of drug-likeness (QED) is 0.477. The molecule has 4 heterocycles. The Hall–Kier alpha value is -2.84. The number of nitrogens with zero attached hydrogens (tertiary/aromatic N) is 3. The SMILES string of the molecule is C[C@@H]1CCc2c(sc(NC(=O)c3cc4n(n3)[C@@H](C(F)(F)F)C[C@@H](c3cccs3)N4)c2C#N)C1. The number of amides is 1. The largest absolute Gasteiger partial charge is 0.410 e. The predicted molar refractivity (Wildman–Crippen MR) is 121 cm³/mol. The number of nitriles is 1. The molecule has 3 aromatic rings. The highest BCUT2D eigenvalue weighted by molar-refractivity contribution is 7.16. The summed E-state index contributed by atoms with van der Waals surface area (Å²) in [4.78, 5) is 14.8. The molecular formula is C22H20F3N5OS2. The highest BCUT2D eigenvalue weighted by Crippen LogP contribution is 2.44. The summed E-state index contributed by atoms with van der Waals surface area (Å²) in [5.41, 5.74) is 1.29. The van der Waals surface area contributed by atoms with Crippen LogP contribution in [0.15, 0.2) is 23.6 Å². The van der Waals surface area contributed by atoms with Crippen molar-refractivity contribution in [1.82, 2.24) is 9.78 Å². The number of hydrogen-bond donors (Lipinski definition) is 2. The van der Waals surface area contributed by atoms with Gasteiger partial charge in [-0.15, -0.1) is 22.7 Å². The maximum Gasteiger partial charge on any atom is 0.410 e. The van der Waals surface area contributed by atoms with Crippen molar-refractivity contribution in [3.8, 4) is 6.07 Å². The molecular weight excluding hydrogens is 471 g/mol. The zero-order valence-electron chi connectivity index (χ0n) is 17.6. The second-order valence-electron chi connectivity index (χ2n) is 8.49. The third kappa shape index (κ3) is 4.02. The second kappa shape index (κ2) is 8.18. The van der Waals surface area contributed by atoms with E-state index < -0.39 is 24.2 Å². The van der Waals surface area contributed by atoms with Gasteiger partial charge in [0, 0.05) is 22.2 Å². The first-order valence-corrected chi connectivity index (χ1v) is 12.3. The van der Waals surface area contributed by atoms with Crippen molar-refractivity contribution in [2.45, 2.75) is 50.9 Å². The van der Waals surface area contributed by atoms with Gasteiger partial charge in [0.25, 0.3) is 5.91 Å². The molecule has 0 saturated carbocycles. The fourth-order valence-electron chi connectivity index (χ4n) is 4.48. The molecule has 2 aliphatic rings. The molecule has 6 nitrogen and oxygen atoms in total. The number of carbonyl (C=O) groups excluding carboxylic acids is 1. The lowest BCUT2D eigenvalue weighted by molar-refractivity contribution is -0.173. The van der Waals surface area contributed by atoms with Gasteiger partial charge >= 0.3 is 6.18 Å². The zero-order chi connectivity index (χ0) is 23.3. The van der Waals surface area contributed by atoms with E-state index in [0.29, 0.717) is 16.5 Å². The van der Waals surface area contributed by atoms with Crippen LogP contribution in [0, 0.1) is 17.2 Å². The maximum absolute atomic E-state index is 13.8. The van der Waals surface area contributed by atoms with Gasteiger partial charge in [-0.2, -0.15) is 23.5 Å². The number of halogens is 3. The summed E-state index contributed by atoms with van der Waals surface area (Å²) < 4.78 is 42.4. The van der Waals surface area contributed by atoms with Gasteiger partial charge in [0.05, 0.1) is 11.6 Å². The number of carbonyl (C=O) groups is 1. The molecule has 3 aromatic heterocycles. The van der Waals surface area contributed by atoms with Crippen molar-refractivity contribution in [3.05, 3.63) is 50.2 Å². The summed E-state index contributed by atoms with van der Waals surface area (Å²) in [5, 5.41) is 21.7. The van der Waals surface area contributed by atoms with Crippen LogP contribution in [0.25, 0.3) is 0 Å². The number of fused-ring (bicyclic) bond motifs is 2. The van der Waals surface area contributed by atoms with Crippen LogP contribution in [-0.4, -0.2) is 21.9 Å². The standard InChI is InChI=1S/C22H20F3N5OS2/c1-11-4-5-12-13(10-26)21(33-17(12)7-11)28-20(31)15-9-19-27-14(16-3-2-6-32-16)8-18(22(23,24)25)30(19)29-15/h2-3,6,9,11,14,18,27H,4-5,7-8H2,1H3,(H,28,31)/t11-,14+,18-/m1/s1. The van der Waals surface area contributed by atoms with Gasteiger partial charge in [-0.05, 0) is 42.2 Å². The van der Waals surface area contributed by atoms with Gasteiger partial charge < -0.3 is 10.6 Å². The molecule has 5 rings (SSSR count). The zero-order valence-corrected chi connectivity index (χ0v) is 19.2. The molecule has 0 radical (unpaired) electrons. The lowest BCUT2D eigenvalue weighted by Gasteiger charge is -2.32. The first kappa shape index (κ1) is 22.0. The fraction of sp³-hybridized carbons (Fsp3) is 0.409. The van der Waals surface area contributed by atoms with Crippen LogP contribution in [0.1, 0.15) is 63.2 Å². The molecule has 0 spiro atoms. The van der Waals surface area contributed by atoms with E-state index in [1.807, 2.05) is 5.38 Å². The Labute approximate surface area is 196 Å². The first-order valence-electron chi connectivity index (χ1n) is 10.6. The summed E-state index contributed by atoms with van der Waals surface area (Å²) in [6.45, 7) is 2.15. The minimum absolute atomic E-state index is 0.123. The van der Waals surface area contributed by atoms with E-state index in [0.717, 1.165) is 39.3 Å². The average molecular weight is 492 g/mol. The van der Waals surface area contributed by atoms with Crippen molar-refractivity contribution in [2.75, 3.05) is 10.6 Å². The molecule has 2 N–H and O–H groups in total. The van der Waals surface area contributed by atoms with Crippen molar-refractivity contribution in [1.29, 1.82) is 5.26 Å². The van der Waals surface area contributed by atoms with E-state index in [-0.39, 0.29) is 17.9 Å². The minimum atomic E-state index is -4.51. The second-order valence-corrected chi connectivity index (χ2v) is 10.6. The number of hydrogen-bond acceptors (Lipinski definition) is 6. The van der Waals surface area contributed by atoms with Crippen LogP contribution < -0.4 is 10.6 Å². The summed E-state index contributed by atoms with van der Waals surface area (Å²) in [5.74, 6) is 0.0233. The van der Waals surface area contributed by atoms with Crippen molar-refractivity contribution < 1.29 is 18.0 Å². The molecule has 11 heteroatoms. The van der Waals surface area contributed by atoms with Crippen molar-refractivity contribution >= 4 is 39.4 Å². The number of rotatable bonds is 3. The molecule has 0 saturated heterocycles. The predicted octanol–water partition coefficient (Wildman–Crippen LogP) is 5.92. The molecule has 0 aromatic carbocycles. The van der Waals surface area contributed by atoms with E-state index in [4.69, 9.17) is 0 Å². The minimum Gasteiger partial charge on any atom is -0.363 e. The lowest BCUT2D eigenvalue weighted by Crippen LogP contribution is -2.35. The molecule has 172 valence electrons. The molecule has 3 atom stereocenters. The number of aromatic nitrogens is 2. The van der Waals surface area contributed by atoms with Gasteiger partial charge in [-0.25, -0.2) is 4.68 Å². The molecule has 0 fully saturated rings. The highest BCUT2D eigenvalue weighted by atomic mass is 32.1. The maximum atomic E-state index is 13.8. The molecule has 1 aliphatic heterocycles. The van der Waals surface area contributed by atoms with Crippen LogP contribution in [-0.2, 0) is 12.8 Å². The van der Waals surface area contributed by atoms with Crippen molar-refractivity contribution in [3.63, 3.8) is 0 Å². The highest BCUT2D eigenvalue weighted by Gasteiger charge is 2.47. The van der Waals surface area contributed by atoms with Crippen LogP contribution >= 0.6 is 22.7 Å². The number of thiophene rings is 2. The first-order chi connectivity index (χ1) is 15.7. The molecule has 1 aliphatic carbocycles. The average Bonchev–Trinajstić information content (AvgIpc) is 3.49. The van der Waals surface area contributed by atoms with E-state index in [9.17, 15) is 23.2 Å². The van der Waals surface area contributed by atoms with E-state index >= 15 is 0 Å². The van der Waals surface area contributed by atoms with Crippen LogP contribution in [0.2, 0.25) is 0 Å². The number of nitrogens with one attached hydrogen (secondary N) is 2. The Kier molecular flexibility index (Phi) is 5.45. The van der Waals surface area contributed by atoms with Gasteiger partial charge in [0.15, 0.2) is 11.7 Å². The fourth-order valence-corrected chi connectivity index (χ4v) is 6.63. The van der Waals surface area contributed by atoms with Gasteiger partial charge in [0.2, 0.25) is 0 Å². The van der Waals surface area contributed by atoms with Crippen LogP contribution in [0.5, 0.6) is 0 Å². The Balaban J connectivity index is 1.44. The van der Waals surface area contributed by atoms with Crippen LogP contribution in [0.3, 0.4) is 0 Å². The summed E-state index contributed by atoms with van der Waals surface area (Å²) in [6, 6.07) is 4.75. The summed E-state index contributed by atoms with van der Waals surface area (Å²) in [7, 11) is 0. The monoisotopic (exact) mass is 491 g/mol. The molecule has 33 heavy (non-hydrogen) atoms. The van der Waals surface area contributed by atoms with Gasteiger partial charge in [0.1, 0.15) is 16.9 Å². The van der Waals surface area contributed by atoms with Gasteiger partial charge in [-0.3, -0.25) is 4.79 Å². The third-order valence-electron chi connectivity index (χ3n) is 6.16. The Morgan fingerprint density at radius 2 is 2.24 bits per heavy atom. The molecule has 0 bridgehead atoms. The normalized spacial score (nSPS) is 22.1. The summed E-state index contributed by atoms with van der Waals surface area (Å²) >= 11 is 2.75. The number of alkyl halides is 3.